The van der Waals surface area contributed by atoms with Crippen LogP contribution in [0.5, 0.6) is 0 Å². The van der Waals surface area contributed by atoms with Crippen LogP contribution >= 0.6 is 0 Å². The smallest absolute Gasteiger partial charge is 0.248 e. The van der Waals surface area contributed by atoms with Gasteiger partial charge in [0, 0.05) is 18.9 Å². The minimum absolute atomic E-state index is 0.0189. The number of amides is 1. The minimum atomic E-state index is -3.59. The van der Waals surface area contributed by atoms with E-state index in [1.54, 1.807) is 23.1 Å². The summed E-state index contributed by atoms with van der Waals surface area (Å²) in [6.45, 7) is 1.34. The Morgan fingerprint density at radius 1 is 1.27 bits per heavy atom. The lowest BCUT2D eigenvalue weighted by molar-refractivity contribution is -0.131. The van der Waals surface area contributed by atoms with Crippen molar-refractivity contribution >= 4 is 15.7 Å². The van der Waals surface area contributed by atoms with Crippen molar-refractivity contribution in [2.45, 2.75) is 23.3 Å². The first-order valence-corrected chi connectivity index (χ1v) is 10.1. The Kier molecular flexibility index (Phi) is 5.38. The molecule has 1 aliphatic rings. The summed E-state index contributed by atoms with van der Waals surface area (Å²) >= 11 is 0. The van der Waals surface area contributed by atoms with Crippen molar-refractivity contribution < 1.29 is 17.6 Å². The molecule has 1 aromatic heterocycles. The van der Waals surface area contributed by atoms with Crippen molar-refractivity contribution in [2.75, 3.05) is 25.4 Å². The van der Waals surface area contributed by atoms with Gasteiger partial charge in [0.25, 0.3) is 0 Å². The highest BCUT2D eigenvalue weighted by molar-refractivity contribution is 7.91. The molecule has 26 heavy (non-hydrogen) atoms. The van der Waals surface area contributed by atoms with Crippen LogP contribution in [0.25, 0.3) is 0 Å². The summed E-state index contributed by atoms with van der Waals surface area (Å²) in [5.74, 6) is -0.987. The zero-order valence-corrected chi connectivity index (χ0v) is 15.0. The average Bonchev–Trinajstić information content (AvgIpc) is 3.17. The van der Waals surface area contributed by atoms with Crippen molar-refractivity contribution in [3.63, 3.8) is 0 Å². The van der Waals surface area contributed by atoms with Crippen LogP contribution in [-0.2, 0) is 20.2 Å². The second-order valence-electron chi connectivity index (χ2n) is 6.26. The van der Waals surface area contributed by atoms with E-state index in [0.717, 1.165) is 12.1 Å². The number of hydrogen-bond acceptors (Lipinski definition) is 5. The Hall–Kier alpha value is -2.26. The highest BCUT2D eigenvalue weighted by Gasteiger charge is 2.41. The third kappa shape index (κ3) is 3.78. The van der Waals surface area contributed by atoms with Crippen LogP contribution in [0.1, 0.15) is 12.8 Å². The van der Waals surface area contributed by atoms with Crippen molar-refractivity contribution in [1.29, 1.82) is 0 Å². The van der Waals surface area contributed by atoms with Gasteiger partial charge in [0.2, 0.25) is 5.91 Å². The van der Waals surface area contributed by atoms with E-state index < -0.39 is 21.2 Å². The second-order valence-corrected chi connectivity index (χ2v) is 8.37. The molecule has 1 amide bonds. The molecule has 9 heteroatoms. The quantitative estimate of drug-likeness (QED) is 0.720. The normalized spacial score (nSPS) is 17.0. The van der Waals surface area contributed by atoms with Gasteiger partial charge in [0.15, 0.2) is 9.84 Å². The molecule has 0 bridgehead atoms. The number of carbonyl (C=O) groups is 1. The van der Waals surface area contributed by atoms with Crippen LogP contribution < -0.4 is 10.6 Å². The van der Waals surface area contributed by atoms with Crippen molar-refractivity contribution in [3.05, 3.63) is 48.5 Å². The van der Waals surface area contributed by atoms with E-state index in [-0.39, 0.29) is 23.1 Å². The molecule has 3 rings (SSSR count). The first-order valence-electron chi connectivity index (χ1n) is 8.42. The standard InChI is InChI=1S/C17H21FN4O3S/c18-14-2-4-15(5-3-14)26(24,25)13-11-20-16(23)17(6-9-19-10-7-17)22-12-1-8-21-22/h1-5,8,12,19H,6-7,9-11,13H2,(H,20,23). The van der Waals surface area contributed by atoms with Crippen molar-refractivity contribution in [3.8, 4) is 0 Å². The molecule has 0 aliphatic carbocycles. The van der Waals surface area contributed by atoms with Crippen LogP contribution in [0.15, 0.2) is 47.6 Å². The van der Waals surface area contributed by atoms with Gasteiger partial charge in [0.1, 0.15) is 11.4 Å². The molecule has 140 valence electrons. The predicted octanol–water partition coefficient (Wildman–Crippen LogP) is 0.691. The zero-order valence-electron chi connectivity index (χ0n) is 14.2. The Labute approximate surface area is 151 Å². The molecule has 0 atom stereocenters. The SMILES string of the molecule is O=C(NCCS(=O)(=O)c1ccc(F)cc1)C1(n2cccn2)CCNCC1. The van der Waals surface area contributed by atoms with Crippen LogP contribution in [0.4, 0.5) is 4.39 Å². The maximum Gasteiger partial charge on any atom is 0.248 e. The van der Waals surface area contributed by atoms with Gasteiger partial charge >= 0.3 is 0 Å². The van der Waals surface area contributed by atoms with Crippen LogP contribution in [0.3, 0.4) is 0 Å². The Morgan fingerprint density at radius 2 is 1.96 bits per heavy atom. The van der Waals surface area contributed by atoms with Gasteiger partial charge in [0.05, 0.1) is 10.6 Å². The predicted molar refractivity (Wildman–Crippen MR) is 93.8 cm³/mol. The lowest BCUT2D eigenvalue weighted by Gasteiger charge is -2.36. The number of sulfone groups is 1. The molecule has 2 aromatic rings. The monoisotopic (exact) mass is 380 g/mol. The summed E-state index contributed by atoms with van der Waals surface area (Å²) in [6.07, 6.45) is 4.52. The number of carbonyl (C=O) groups excluding carboxylic acids is 1. The highest BCUT2D eigenvalue weighted by Crippen LogP contribution is 2.27. The number of nitrogens with zero attached hydrogens (tertiary/aromatic N) is 2. The highest BCUT2D eigenvalue weighted by atomic mass is 32.2. The molecule has 1 aromatic carbocycles. The van der Waals surface area contributed by atoms with Crippen LogP contribution in [0.2, 0.25) is 0 Å². The number of aromatic nitrogens is 2. The van der Waals surface area contributed by atoms with Gasteiger partial charge in [-0.2, -0.15) is 5.10 Å². The third-order valence-corrected chi connectivity index (χ3v) is 6.36. The fraction of sp³-hybridized carbons (Fsp3) is 0.412. The van der Waals surface area contributed by atoms with Crippen LogP contribution in [-0.4, -0.2) is 49.5 Å². The van der Waals surface area contributed by atoms with Crippen LogP contribution in [0, 0.1) is 5.82 Å². The molecular weight excluding hydrogens is 359 g/mol. The number of piperidine rings is 1. The lowest BCUT2D eigenvalue weighted by Crippen LogP contribution is -2.55. The Balaban J connectivity index is 1.66. The molecule has 0 unspecified atom stereocenters. The summed E-state index contributed by atoms with van der Waals surface area (Å²) in [4.78, 5) is 12.9. The van der Waals surface area contributed by atoms with E-state index in [4.69, 9.17) is 0 Å². The average molecular weight is 380 g/mol. The minimum Gasteiger partial charge on any atom is -0.353 e. The lowest BCUT2D eigenvalue weighted by atomic mass is 9.87. The fourth-order valence-electron chi connectivity index (χ4n) is 3.15. The molecule has 7 nitrogen and oxygen atoms in total. The summed E-state index contributed by atoms with van der Waals surface area (Å²) in [5, 5.41) is 10.2. The number of rotatable bonds is 6. The molecular formula is C17H21FN4O3S. The maximum atomic E-state index is 13.0. The van der Waals surface area contributed by atoms with Gasteiger partial charge < -0.3 is 10.6 Å². The summed E-state index contributed by atoms with van der Waals surface area (Å²) in [5.41, 5.74) is -0.811. The molecule has 0 radical (unpaired) electrons. The van der Waals surface area contributed by atoms with Gasteiger partial charge in [-0.25, -0.2) is 12.8 Å². The van der Waals surface area contributed by atoms with Gasteiger partial charge in [-0.1, -0.05) is 0 Å². The molecule has 1 aliphatic heterocycles. The Morgan fingerprint density at radius 3 is 2.58 bits per heavy atom. The number of halogens is 1. The fourth-order valence-corrected chi connectivity index (χ4v) is 4.30. The topological polar surface area (TPSA) is 93.1 Å². The molecule has 1 saturated heterocycles. The van der Waals surface area contributed by atoms with E-state index in [9.17, 15) is 17.6 Å². The third-order valence-electron chi connectivity index (χ3n) is 4.63. The number of nitrogens with one attached hydrogen (secondary N) is 2. The molecule has 2 heterocycles. The van der Waals surface area contributed by atoms with E-state index in [2.05, 4.69) is 15.7 Å². The van der Waals surface area contributed by atoms with Crippen molar-refractivity contribution in [2.24, 2.45) is 0 Å². The Bertz CT molecular complexity index is 845. The van der Waals surface area contributed by atoms with Gasteiger partial charge in [-0.05, 0) is 56.3 Å². The van der Waals surface area contributed by atoms with Crippen molar-refractivity contribution in [1.82, 2.24) is 20.4 Å². The van der Waals surface area contributed by atoms with Gasteiger partial charge in [-0.15, -0.1) is 0 Å². The summed E-state index contributed by atoms with van der Waals surface area (Å²) < 4.78 is 39.2. The van der Waals surface area contributed by atoms with E-state index in [1.165, 1.54) is 12.1 Å². The maximum absolute atomic E-state index is 13.0. The molecule has 0 spiro atoms. The molecule has 2 N–H and O–H groups in total. The number of benzene rings is 1. The first-order chi connectivity index (χ1) is 12.4. The largest absolute Gasteiger partial charge is 0.353 e. The van der Waals surface area contributed by atoms with E-state index in [0.29, 0.717) is 25.9 Å². The zero-order chi connectivity index (χ0) is 18.6. The molecule has 1 fully saturated rings. The number of hydrogen-bond donors (Lipinski definition) is 2. The summed E-state index contributed by atoms with van der Waals surface area (Å²) in [7, 11) is -3.59. The summed E-state index contributed by atoms with van der Waals surface area (Å²) in [6, 6.07) is 6.42. The van der Waals surface area contributed by atoms with Gasteiger partial charge in [-0.3, -0.25) is 9.48 Å². The van der Waals surface area contributed by atoms with E-state index >= 15 is 0 Å². The first kappa shape index (κ1) is 18.5. The molecule has 0 saturated carbocycles. The van der Waals surface area contributed by atoms with E-state index in [1.807, 2.05) is 0 Å². The second kappa shape index (κ2) is 7.55.